The Balaban J connectivity index is 1.54. The van der Waals surface area contributed by atoms with Gasteiger partial charge in [0.2, 0.25) is 21.7 Å². The maximum atomic E-state index is 13.1. The second-order valence-electron chi connectivity index (χ2n) is 6.62. The summed E-state index contributed by atoms with van der Waals surface area (Å²) in [6, 6.07) is 11.9. The Morgan fingerprint density at radius 3 is 2.54 bits per heavy atom. The third-order valence-electron chi connectivity index (χ3n) is 4.73. The van der Waals surface area contributed by atoms with Crippen LogP contribution in [-0.4, -0.2) is 36.0 Å². The predicted molar refractivity (Wildman–Crippen MR) is 102 cm³/mol. The van der Waals surface area contributed by atoms with Gasteiger partial charge in [-0.3, -0.25) is 0 Å². The molecule has 28 heavy (non-hydrogen) atoms. The highest BCUT2D eigenvalue weighted by atomic mass is 35.5. The van der Waals surface area contributed by atoms with E-state index >= 15 is 0 Å². The van der Waals surface area contributed by atoms with Crippen molar-refractivity contribution < 1.29 is 17.3 Å². The van der Waals surface area contributed by atoms with Crippen LogP contribution in [0.25, 0.3) is 11.4 Å². The molecule has 9 heteroatoms. The van der Waals surface area contributed by atoms with Crippen LogP contribution in [0.1, 0.15) is 24.7 Å². The molecule has 2 aromatic carbocycles. The normalized spacial score (nSPS) is 18.3. The molecule has 0 saturated carbocycles. The van der Waals surface area contributed by atoms with Gasteiger partial charge in [-0.15, -0.1) is 0 Å². The van der Waals surface area contributed by atoms with E-state index in [1.54, 1.807) is 24.3 Å². The van der Waals surface area contributed by atoms with Gasteiger partial charge in [0.25, 0.3) is 0 Å². The highest BCUT2D eigenvalue weighted by molar-refractivity contribution is 7.89. The molecule has 0 radical (unpaired) electrons. The summed E-state index contributed by atoms with van der Waals surface area (Å²) in [6.45, 7) is 0.691. The third-order valence-corrected chi connectivity index (χ3v) is 6.86. The number of hydrogen-bond acceptors (Lipinski definition) is 5. The van der Waals surface area contributed by atoms with Gasteiger partial charge in [0.05, 0.1) is 10.8 Å². The van der Waals surface area contributed by atoms with E-state index in [2.05, 4.69) is 10.1 Å². The number of hydrogen-bond donors (Lipinski definition) is 0. The lowest BCUT2D eigenvalue weighted by Crippen LogP contribution is -2.39. The van der Waals surface area contributed by atoms with Crippen LogP contribution in [0.5, 0.6) is 0 Å². The monoisotopic (exact) mass is 421 g/mol. The largest absolute Gasteiger partial charge is 0.339 e. The average Bonchev–Trinajstić information content (AvgIpc) is 3.19. The molecular formula is C19H17ClFN3O3S. The number of benzene rings is 2. The SMILES string of the molecule is O=S(=O)(c1ccc(Cl)cc1)N1CCC[C@@H](c2nc(-c3ccc(F)cc3)no2)C1. The Morgan fingerprint density at radius 2 is 1.82 bits per heavy atom. The second kappa shape index (κ2) is 7.62. The number of rotatable bonds is 4. The lowest BCUT2D eigenvalue weighted by molar-refractivity contribution is 0.265. The van der Waals surface area contributed by atoms with E-state index in [4.69, 9.17) is 16.1 Å². The zero-order valence-electron chi connectivity index (χ0n) is 14.8. The molecule has 0 bridgehead atoms. The average molecular weight is 422 g/mol. The van der Waals surface area contributed by atoms with Crippen LogP contribution >= 0.6 is 11.6 Å². The van der Waals surface area contributed by atoms with Gasteiger partial charge in [-0.25, -0.2) is 12.8 Å². The van der Waals surface area contributed by atoms with E-state index in [9.17, 15) is 12.8 Å². The zero-order valence-corrected chi connectivity index (χ0v) is 16.3. The van der Waals surface area contributed by atoms with Crippen LogP contribution in [0.4, 0.5) is 4.39 Å². The van der Waals surface area contributed by atoms with Gasteiger partial charge in [-0.2, -0.15) is 9.29 Å². The topological polar surface area (TPSA) is 76.3 Å². The highest BCUT2D eigenvalue weighted by Gasteiger charge is 2.33. The molecule has 4 rings (SSSR count). The summed E-state index contributed by atoms with van der Waals surface area (Å²) in [5.74, 6) is 0.198. The van der Waals surface area contributed by atoms with E-state index < -0.39 is 10.0 Å². The molecule has 0 amide bonds. The van der Waals surface area contributed by atoms with Crippen molar-refractivity contribution in [2.24, 2.45) is 0 Å². The van der Waals surface area contributed by atoms with Gasteiger partial charge in [0.1, 0.15) is 5.82 Å². The van der Waals surface area contributed by atoms with E-state index in [-0.39, 0.29) is 23.2 Å². The first-order valence-electron chi connectivity index (χ1n) is 8.79. The molecular weight excluding hydrogens is 405 g/mol. The molecule has 3 aromatic rings. The second-order valence-corrected chi connectivity index (χ2v) is 8.99. The van der Waals surface area contributed by atoms with Crippen LogP contribution in [-0.2, 0) is 10.0 Å². The smallest absolute Gasteiger partial charge is 0.243 e. The van der Waals surface area contributed by atoms with E-state index in [1.165, 1.54) is 28.6 Å². The maximum absolute atomic E-state index is 13.1. The van der Waals surface area contributed by atoms with E-state index in [0.29, 0.717) is 35.3 Å². The van der Waals surface area contributed by atoms with Crippen LogP contribution in [0, 0.1) is 5.82 Å². The molecule has 0 unspecified atom stereocenters. The molecule has 1 aromatic heterocycles. The van der Waals surface area contributed by atoms with Gasteiger partial charge in [0, 0.05) is 23.7 Å². The van der Waals surface area contributed by atoms with Crippen molar-refractivity contribution in [3.63, 3.8) is 0 Å². The number of halogens is 2. The quantitative estimate of drug-likeness (QED) is 0.634. The Labute approximate surface area is 167 Å². The molecule has 2 heterocycles. The Morgan fingerprint density at radius 1 is 1.11 bits per heavy atom. The van der Waals surface area contributed by atoms with Crippen molar-refractivity contribution in [3.8, 4) is 11.4 Å². The molecule has 146 valence electrons. The number of nitrogens with zero attached hydrogens (tertiary/aromatic N) is 3. The van der Waals surface area contributed by atoms with Crippen LogP contribution in [0.15, 0.2) is 57.9 Å². The molecule has 1 atom stereocenters. The molecule has 0 spiro atoms. The summed E-state index contributed by atoms with van der Waals surface area (Å²) in [5, 5.41) is 4.44. The van der Waals surface area contributed by atoms with E-state index in [0.717, 1.165) is 6.42 Å². The summed E-state index contributed by atoms with van der Waals surface area (Å²) >= 11 is 5.86. The first-order chi connectivity index (χ1) is 13.4. The van der Waals surface area contributed by atoms with Gasteiger partial charge >= 0.3 is 0 Å². The summed E-state index contributed by atoms with van der Waals surface area (Å²) in [5.41, 5.74) is 0.637. The molecule has 1 fully saturated rings. The molecule has 1 saturated heterocycles. The minimum atomic E-state index is -3.63. The summed E-state index contributed by atoms with van der Waals surface area (Å²) in [4.78, 5) is 4.60. The first-order valence-corrected chi connectivity index (χ1v) is 10.6. The zero-order chi connectivity index (χ0) is 19.7. The Kier molecular flexibility index (Phi) is 5.18. The van der Waals surface area contributed by atoms with Gasteiger partial charge < -0.3 is 4.52 Å². The van der Waals surface area contributed by atoms with Crippen molar-refractivity contribution in [1.82, 2.24) is 14.4 Å². The summed E-state index contributed by atoms with van der Waals surface area (Å²) in [7, 11) is -3.63. The molecule has 6 nitrogen and oxygen atoms in total. The van der Waals surface area contributed by atoms with Gasteiger partial charge in [0.15, 0.2) is 0 Å². The summed E-state index contributed by atoms with van der Waals surface area (Å²) in [6.07, 6.45) is 1.43. The fourth-order valence-corrected chi connectivity index (χ4v) is 4.88. The Bertz CT molecular complexity index is 1070. The molecule has 1 aliphatic rings. The van der Waals surface area contributed by atoms with Crippen molar-refractivity contribution in [2.45, 2.75) is 23.7 Å². The van der Waals surface area contributed by atoms with Crippen molar-refractivity contribution >= 4 is 21.6 Å². The minimum absolute atomic E-state index is 0.197. The molecule has 0 N–H and O–H groups in total. The number of piperidine rings is 1. The van der Waals surface area contributed by atoms with Crippen LogP contribution < -0.4 is 0 Å². The Hall–Kier alpha value is -2.29. The van der Waals surface area contributed by atoms with Crippen molar-refractivity contribution in [3.05, 3.63) is 65.3 Å². The van der Waals surface area contributed by atoms with Crippen molar-refractivity contribution in [2.75, 3.05) is 13.1 Å². The lowest BCUT2D eigenvalue weighted by atomic mass is 10.00. The standard InChI is InChI=1S/C19H17ClFN3O3S/c20-15-5-9-17(10-6-15)28(25,26)24-11-1-2-14(12-24)19-22-18(23-27-19)13-3-7-16(21)8-4-13/h3-10,14H,1-2,11-12H2/t14-/m1/s1. The molecule has 1 aliphatic heterocycles. The van der Waals surface area contributed by atoms with Crippen molar-refractivity contribution in [1.29, 1.82) is 0 Å². The van der Waals surface area contributed by atoms with Crippen LogP contribution in [0.2, 0.25) is 5.02 Å². The highest BCUT2D eigenvalue weighted by Crippen LogP contribution is 2.31. The summed E-state index contributed by atoms with van der Waals surface area (Å²) < 4.78 is 45.7. The van der Waals surface area contributed by atoms with Gasteiger partial charge in [-0.05, 0) is 61.4 Å². The lowest BCUT2D eigenvalue weighted by Gasteiger charge is -2.30. The fourth-order valence-electron chi connectivity index (χ4n) is 3.24. The number of aromatic nitrogens is 2. The predicted octanol–water partition coefficient (Wildman–Crippen LogP) is 4.10. The first kappa shape index (κ1) is 19.0. The van der Waals surface area contributed by atoms with Crippen LogP contribution in [0.3, 0.4) is 0 Å². The minimum Gasteiger partial charge on any atom is -0.339 e. The third kappa shape index (κ3) is 3.80. The maximum Gasteiger partial charge on any atom is 0.243 e. The van der Waals surface area contributed by atoms with Gasteiger partial charge in [-0.1, -0.05) is 16.8 Å². The number of sulfonamides is 1. The fraction of sp³-hybridized carbons (Fsp3) is 0.263. The van der Waals surface area contributed by atoms with E-state index in [1.807, 2.05) is 0 Å². The molecule has 0 aliphatic carbocycles.